The molecule has 2 aromatic carbocycles. The number of hydrogen-bond acceptors (Lipinski definition) is 3. The summed E-state index contributed by atoms with van der Waals surface area (Å²) < 4.78 is 40.3. The molecule has 2 aromatic rings. The van der Waals surface area contributed by atoms with Crippen LogP contribution in [0.5, 0.6) is 0 Å². The summed E-state index contributed by atoms with van der Waals surface area (Å²) in [6, 6.07) is 10.6. The number of benzene rings is 2. The van der Waals surface area contributed by atoms with E-state index >= 15 is 0 Å². The van der Waals surface area contributed by atoms with Crippen molar-refractivity contribution in [2.24, 2.45) is 0 Å². The molecule has 5 nitrogen and oxygen atoms in total. The van der Waals surface area contributed by atoms with E-state index in [0.717, 1.165) is 35.2 Å². The van der Waals surface area contributed by atoms with Gasteiger partial charge in [0, 0.05) is 13.1 Å². The molecule has 1 fully saturated rings. The fourth-order valence-corrected chi connectivity index (χ4v) is 5.01. The van der Waals surface area contributed by atoms with Crippen molar-refractivity contribution in [2.45, 2.75) is 37.0 Å². The predicted molar refractivity (Wildman–Crippen MR) is 99.7 cm³/mol. The zero-order valence-corrected chi connectivity index (χ0v) is 15.9. The van der Waals surface area contributed by atoms with Crippen LogP contribution >= 0.6 is 0 Å². The summed E-state index contributed by atoms with van der Waals surface area (Å²) in [6.45, 7) is 2.62. The van der Waals surface area contributed by atoms with Gasteiger partial charge in [0.2, 0.25) is 10.0 Å². The smallest absolute Gasteiger partial charge is 0.307 e. The van der Waals surface area contributed by atoms with Crippen LogP contribution in [-0.2, 0) is 21.2 Å². The molecule has 144 valence electrons. The number of rotatable bonds is 5. The zero-order chi connectivity index (χ0) is 19.6. The summed E-state index contributed by atoms with van der Waals surface area (Å²) in [6.07, 6.45) is 1.50. The van der Waals surface area contributed by atoms with Gasteiger partial charge in [-0.25, -0.2) is 12.8 Å². The van der Waals surface area contributed by atoms with Gasteiger partial charge in [-0.05, 0) is 66.6 Å². The van der Waals surface area contributed by atoms with E-state index in [4.69, 9.17) is 5.11 Å². The second-order valence-electron chi connectivity index (χ2n) is 6.91. The van der Waals surface area contributed by atoms with E-state index in [2.05, 4.69) is 0 Å². The summed E-state index contributed by atoms with van der Waals surface area (Å²) in [7, 11) is -3.68. The molecule has 0 aromatic heterocycles. The third-order valence-corrected chi connectivity index (χ3v) is 6.90. The summed E-state index contributed by atoms with van der Waals surface area (Å²) >= 11 is 0. The van der Waals surface area contributed by atoms with E-state index in [1.807, 2.05) is 25.1 Å². The predicted octanol–water partition coefficient (Wildman–Crippen LogP) is 3.33. The minimum atomic E-state index is -3.68. The molecular weight excluding hydrogens is 369 g/mol. The van der Waals surface area contributed by atoms with Gasteiger partial charge in [0.25, 0.3) is 0 Å². The Bertz CT molecular complexity index is 941. The molecule has 27 heavy (non-hydrogen) atoms. The lowest BCUT2D eigenvalue weighted by Crippen LogP contribution is -2.39. The van der Waals surface area contributed by atoms with Crippen LogP contribution in [0, 0.1) is 12.7 Å². The number of carboxylic acids is 1. The molecule has 3 rings (SSSR count). The van der Waals surface area contributed by atoms with Gasteiger partial charge in [0.1, 0.15) is 5.82 Å². The molecule has 1 N–H and O–H groups in total. The van der Waals surface area contributed by atoms with Crippen LogP contribution < -0.4 is 0 Å². The number of nitrogens with zero attached hydrogens (tertiary/aromatic N) is 1. The molecule has 0 unspecified atom stereocenters. The van der Waals surface area contributed by atoms with E-state index in [-0.39, 0.29) is 17.2 Å². The van der Waals surface area contributed by atoms with Crippen molar-refractivity contribution in [2.75, 3.05) is 13.1 Å². The fourth-order valence-electron chi connectivity index (χ4n) is 3.49. The first kappa shape index (κ1) is 19.5. The van der Waals surface area contributed by atoms with E-state index in [9.17, 15) is 17.6 Å². The van der Waals surface area contributed by atoms with Crippen LogP contribution in [0.3, 0.4) is 0 Å². The van der Waals surface area contributed by atoms with Gasteiger partial charge in [-0.1, -0.05) is 18.2 Å². The number of piperidine rings is 1. The molecule has 7 heteroatoms. The Morgan fingerprint density at radius 3 is 2.59 bits per heavy atom. The van der Waals surface area contributed by atoms with Crippen molar-refractivity contribution in [1.29, 1.82) is 0 Å². The SMILES string of the molecule is Cc1ccc([C@H]2CCCN(S(=O)(=O)c3ccc(F)cc3)C2)cc1CC(=O)O. The number of carbonyl (C=O) groups is 1. The third-order valence-electron chi connectivity index (χ3n) is 5.02. The molecular formula is C20H22FNO4S. The first-order valence-electron chi connectivity index (χ1n) is 8.84. The van der Waals surface area contributed by atoms with Crippen LogP contribution in [0.2, 0.25) is 0 Å². The van der Waals surface area contributed by atoms with Gasteiger partial charge in [0.15, 0.2) is 0 Å². The standard InChI is InChI=1S/C20H22FNO4S/c1-14-4-5-15(11-17(14)12-20(23)24)16-3-2-10-22(13-16)27(25,26)19-8-6-18(21)7-9-19/h4-9,11,16H,2-3,10,12-13H2,1H3,(H,23,24)/t16-/m0/s1. The van der Waals surface area contributed by atoms with Crippen molar-refractivity contribution in [3.05, 3.63) is 65.0 Å². The molecule has 1 saturated heterocycles. The lowest BCUT2D eigenvalue weighted by molar-refractivity contribution is -0.136. The summed E-state index contributed by atoms with van der Waals surface area (Å²) in [5.74, 6) is -1.36. The molecule has 0 radical (unpaired) electrons. The molecule has 0 aliphatic carbocycles. The maximum absolute atomic E-state index is 13.1. The summed E-state index contributed by atoms with van der Waals surface area (Å²) in [5, 5.41) is 9.07. The number of hydrogen-bond donors (Lipinski definition) is 1. The lowest BCUT2D eigenvalue weighted by atomic mass is 9.89. The van der Waals surface area contributed by atoms with Gasteiger partial charge in [0.05, 0.1) is 11.3 Å². The second-order valence-corrected chi connectivity index (χ2v) is 8.85. The molecule has 1 atom stereocenters. The maximum Gasteiger partial charge on any atom is 0.307 e. The van der Waals surface area contributed by atoms with Crippen LogP contribution in [0.15, 0.2) is 47.4 Å². The minimum Gasteiger partial charge on any atom is -0.481 e. The Balaban J connectivity index is 1.84. The first-order chi connectivity index (χ1) is 12.8. The molecule has 1 heterocycles. The Kier molecular flexibility index (Phi) is 5.62. The molecule has 0 bridgehead atoms. The molecule has 0 saturated carbocycles. The number of sulfonamides is 1. The highest BCUT2D eigenvalue weighted by molar-refractivity contribution is 7.89. The van der Waals surface area contributed by atoms with Crippen LogP contribution in [0.4, 0.5) is 4.39 Å². The highest BCUT2D eigenvalue weighted by atomic mass is 32.2. The quantitative estimate of drug-likeness (QED) is 0.848. The minimum absolute atomic E-state index is 0.00196. The average Bonchev–Trinajstić information content (AvgIpc) is 2.63. The van der Waals surface area contributed by atoms with Gasteiger partial charge in [-0.3, -0.25) is 4.79 Å². The Morgan fingerprint density at radius 2 is 1.93 bits per heavy atom. The van der Waals surface area contributed by atoms with Gasteiger partial charge in [-0.15, -0.1) is 0 Å². The Morgan fingerprint density at radius 1 is 1.22 bits per heavy atom. The Hall–Kier alpha value is -2.25. The maximum atomic E-state index is 13.1. The third kappa shape index (κ3) is 4.36. The topological polar surface area (TPSA) is 74.7 Å². The van der Waals surface area contributed by atoms with Crippen molar-refractivity contribution >= 4 is 16.0 Å². The first-order valence-corrected chi connectivity index (χ1v) is 10.3. The van der Waals surface area contributed by atoms with Crippen molar-refractivity contribution in [1.82, 2.24) is 4.31 Å². The largest absolute Gasteiger partial charge is 0.481 e. The lowest BCUT2D eigenvalue weighted by Gasteiger charge is -2.32. The second kappa shape index (κ2) is 7.78. The average molecular weight is 391 g/mol. The summed E-state index contributed by atoms with van der Waals surface area (Å²) in [5.41, 5.74) is 2.61. The van der Waals surface area contributed by atoms with E-state index in [1.54, 1.807) is 0 Å². The number of halogens is 1. The van der Waals surface area contributed by atoms with E-state index in [1.165, 1.54) is 16.4 Å². The van der Waals surface area contributed by atoms with Crippen molar-refractivity contribution in [3.63, 3.8) is 0 Å². The van der Waals surface area contributed by atoms with E-state index in [0.29, 0.717) is 19.5 Å². The van der Waals surface area contributed by atoms with Gasteiger partial charge >= 0.3 is 5.97 Å². The van der Waals surface area contributed by atoms with Crippen LogP contribution in [-0.4, -0.2) is 36.9 Å². The monoisotopic (exact) mass is 391 g/mol. The molecule has 1 aliphatic rings. The number of aliphatic carboxylic acids is 1. The molecule has 0 amide bonds. The molecule has 1 aliphatic heterocycles. The molecule has 0 spiro atoms. The summed E-state index contributed by atoms with van der Waals surface area (Å²) in [4.78, 5) is 11.1. The highest BCUT2D eigenvalue weighted by Crippen LogP contribution is 2.31. The normalized spacial score (nSPS) is 18.4. The van der Waals surface area contributed by atoms with Crippen LogP contribution in [0.25, 0.3) is 0 Å². The zero-order valence-electron chi connectivity index (χ0n) is 15.1. The van der Waals surface area contributed by atoms with E-state index < -0.39 is 21.8 Å². The van der Waals surface area contributed by atoms with Crippen molar-refractivity contribution < 1.29 is 22.7 Å². The number of aryl methyl sites for hydroxylation is 1. The highest BCUT2D eigenvalue weighted by Gasteiger charge is 2.31. The van der Waals surface area contributed by atoms with Crippen molar-refractivity contribution in [3.8, 4) is 0 Å². The number of carboxylic acid groups (broad SMARTS) is 1. The fraction of sp³-hybridized carbons (Fsp3) is 0.350. The van der Waals surface area contributed by atoms with Gasteiger partial charge < -0.3 is 5.11 Å². The van der Waals surface area contributed by atoms with Gasteiger partial charge in [-0.2, -0.15) is 4.31 Å². The van der Waals surface area contributed by atoms with Crippen LogP contribution in [0.1, 0.15) is 35.4 Å². The Labute approximate surface area is 158 Å².